The highest BCUT2D eigenvalue weighted by molar-refractivity contribution is 5.93. The van der Waals surface area contributed by atoms with Crippen molar-refractivity contribution in [2.75, 3.05) is 25.1 Å². The van der Waals surface area contributed by atoms with Crippen LogP contribution in [0.1, 0.15) is 0 Å². The Hall–Kier alpha value is -3.49. The number of esters is 1. The van der Waals surface area contributed by atoms with Crippen LogP contribution in [0.25, 0.3) is 0 Å². The van der Waals surface area contributed by atoms with E-state index in [-0.39, 0.29) is 12.3 Å². The van der Waals surface area contributed by atoms with Gasteiger partial charge in [-0.3, -0.25) is 14.4 Å². The highest BCUT2D eigenvalue weighted by Gasteiger charge is 2.11. The van der Waals surface area contributed by atoms with Gasteiger partial charge in [-0.25, -0.2) is 8.78 Å². The fourth-order valence-corrected chi connectivity index (χ4v) is 1.91. The van der Waals surface area contributed by atoms with Gasteiger partial charge < -0.3 is 20.1 Å². The molecule has 0 radical (unpaired) electrons. The molecule has 0 saturated heterocycles. The summed E-state index contributed by atoms with van der Waals surface area (Å²) in [6, 6.07) is 11.1. The largest absolute Gasteiger partial charge is 0.484 e. The maximum absolute atomic E-state index is 13.0. The van der Waals surface area contributed by atoms with Crippen LogP contribution in [-0.4, -0.2) is 37.5 Å². The molecule has 7 nitrogen and oxygen atoms in total. The van der Waals surface area contributed by atoms with Crippen molar-refractivity contribution in [3.8, 4) is 5.75 Å². The molecular formula is C18H16F2N2O5. The Morgan fingerprint density at radius 2 is 1.56 bits per heavy atom. The molecule has 0 heterocycles. The van der Waals surface area contributed by atoms with Crippen molar-refractivity contribution >= 4 is 23.5 Å². The average Bonchev–Trinajstić information content (AvgIpc) is 2.63. The van der Waals surface area contributed by atoms with E-state index in [1.54, 1.807) is 30.3 Å². The van der Waals surface area contributed by atoms with Crippen molar-refractivity contribution in [2.45, 2.75) is 0 Å². The van der Waals surface area contributed by atoms with Gasteiger partial charge in [-0.2, -0.15) is 0 Å². The number of nitrogens with one attached hydrogen (secondary N) is 2. The molecule has 27 heavy (non-hydrogen) atoms. The molecule has 0 aromatic heterocycles. The van der Waals surface area contributed by atoms with Crippen molar-refractivity contribution < 1.29 is 32.6 Å². The molecule has 0 aliphatic heterocycles. The van der Waals surface area contributed by atoms with Gasteiger partial charge in [0.05, 0.1) is 0 Å². The van der Waals surface area contributed by atoms with Crippen molar-refractivity contribution in [1.82, 2.24) is 5.32 Å². The third kappa shape index (κ3) is 7.51. The third-order valence-corrected chi connectivity index (χ3v) is 3.05. The second kappa shape index (κ2) is 9.85. The molecule has 0 atom stereocenters. The van der Waals surface area contributed by atoms with Crippen LogP contribution in [0.3, 0.4) is 0 Å². The van der Waals surface area contributed by atoms with Gasteiger partial charge in [-0.05, 0) is 24.3 Å². The fraction of sp³-hybridized carbons (Fsp3) is 0.167. The summed E-state index contributed by atoms with van der Waals surface area (Å²) in [5.41, 5.74) is -0.111. The zero-order valence-electron chi connectivity index (χ0n) is 14.0. The smallest absolute Gasteiger partial charge is 0.325 e. The molecule has 2 rings (SSSR count). The first-order chi connectivity index (χ1) is 12.9. The molecule has 0 unspecified atom stereocenters. The standard InChI is InChI=1S/C18H16F2N2O5/c19-12-6-13(20)8-14(7-12)22-17(24)11-27-18(25)9-21-16(23)10-26-15-4-2-1-3-5-15/h1-8H,9-11H2,(H,21,23)(H,22,24). The predicted molar refractivity (Wildman–Crippen MR) is 90.9 cm³/mol. The van der Waals surface area contributed by atoms with Crippen molar-refractivity contribution in [2.24, 2.45) is 0 Å². The Bertz CT molecular complexity index is 794. The number of carbonyl (C=O) groups excluding carboxylic acids is 3. The second-order valence-electron chi connectivity index (χ2n) is 5.25. The monoisotopic (exact) mass is 378 g/mol. The van der Waals surface area contributed by atoms with Crippen LogP contribution in [0.4, 0.5) is 14.5 Å². The Morgan fingerprint density at radius 1 is 0.889 bits per heavy atom. The highest BCUT2D eigenvalue weighted by atomic mass is 19.1. The number of para-hydroxylation sites is 1. The molecule has 0 fully saturated rings. The minimum absolute atomic E-state index is 0.111. The number of halogens is 2. The summed E-state index contributed by atoms with van der Waals surface area (Å²) in [6.45, 7) is -1.42. The van der Waals surface area contributed by atoms with Crippen LogP contribution >= 0.6 is 0 Å². The number of benzene rings is 2. The molecule has 9 heteroatoms. The molecule has 0 bridgehead atoms. The molecule has 2 aromatic rings. The Labute approximate surface area is 153 Å². The minimum Gasteiger partial charge on any atom is -0.484 e. The number of amides is 2. The number of rotatable bonds is 8. The van der Waals surface area contributed by atoms with Crippen LogP contribution in [0, 0.1) is 11.6 Å². The van der Waals surface area contributed by atoms with Crippen molar-refractivity contribution in [3.63, 3.8) is 0 Å². The lowest BCUT2D eigenvalue weighted by Gasteiger charge is -2.08. The zero-order chi connectivity index (χ0) is 19.6. The summed E-state index contributed by atoms with van der Waals surface area (Å²) in [5, 5.41) is 4.45. The predicted octanol–water partition coefficient (Wildman–Crippen LogP) is 1.64. The lowest BCUT2D eigenvalue weighted by molar-refractivity contribution is -0.147. The first kappa shape index (κ1) is 19.8. The van der Waals surface area contributed by atoms with Gasteiger partial charge in [-0.15, -0.1) is 0 Å². The number of ether oxygens (including phenoxy) is 2. The fourth-order valence-electron chi connectivity index (χ4n) is 1.91. The van der Waals surface area contributed by atoms with E-state index in [4.69, 9.17) is 4.74 Å². The summed E-state index contributed by atoms with van der Waals surface area (Å²) >= 11 is 0. The van der Waals surface area contributed by atoms with E-state index >= 15 is 0 Å². The summed E-state index contributed by atoms with van der Waals surface area (Å²) in [6.07, 6.45) is 0. The van der Waals surface area contributed by atoms with E-state index < -0.39 is 42.6 Å². The van der Waals surface area contributed by atoms with Gasteiger partial charge in [0.2, 0.25) is 0 Å². The van der Waals surface area contributed by atoms with Gasteiger partial charge in [0, 0.05) is 11.8 Å². The third-order valence-electron chi connectivity index (χ3n) is 3.05. The number of anilines is 1. The molecular weight excluding hydrogens is 362 g/mol. The Kier molecular flexibility index (Phi) is 7.24. The molecule has 0 spiro atoms. The van der Waals surface area contributed by atoms with Gasteiger partial charge in [0.1, 0.15) is 23.9 Å². The van der Waals surface area contributed by atoms with Crippen LogP contribution in [-0.2, 0) is 19.1 Å². The lowest BCUT2D eigenvalue weighted by Crippen LogP contribution is -2.35. The van der Waals surface area contributed by atoms with Crippen LogP contribution < -0.4 is 15.4 Å². The Balaban J connectivity index is 1.65. The highest BCUT2D eigenvalue weighted by Crippen LogP contribution is 2.12. The molecule has 142 valence electrons. The zero-order valence-corrected chi connectivity index (χ0v) is 14.0. The Morgan fingerprint density at radius 3 is 2.22 bits per heavy atom. The van der Waals surface area contributed by atoms with Gasteiger partial charge >= 0.3 is 5.97 Å². The molecule has 0 aliphatic carbocycles. The maximum Gasteiger partial charge on any atom is 0.325 e. The SMILES string of the molecule is O=C(COc1ccccc1)NCC(=O)OCC(=O)Nc1cc(F)cc(F)c1. The second-order valence-corrected chi connectivity index (χ2v) is 5.25. The number of hydrogen-bond donors (Lipinski definition) is 2. The van der Waals surface area contributed by atoms with E-state index in [0.29, 0.717) is 11.8 Å². The molecule has 0 saturated carbocycles. The van der Waals surface area contributed by atoms with Crippen LogP contribution in [0.15, 0.2) is 48.5 Å². The van der Waals surface area contributed by atoms with Crippen LogP contribution in [0.5, 0.6) is 5.75 Å². The quantitative estimate of drug-likeness (QED) is 0.681. The first-order valence-corrected chi connectivity index (χ1v) is 7.78. The van der Waals surface area contributed by atoms with E-state index in [1.165, 1.54) is 0 Å². The minimum atomic E-state index is -0.859. The van der Waals surface area contributed by atoms with E-state index in [2.05, 4.69) is 15.4 Å². The van der Waals surface area contributed by atoms with Crippen LogP contribution in [0.2, 0.25) is 0 Å². The van der Waals surface area contributed by atoms with E-state index in [9.17, 15) is 23.2 Å². The summed E-state index contributed by atoms with van der Waals surface area (Å²) in [7, 11) is 0. The summed E-state index contributed by atoms with van der Waals surface area (Å²) < 4.78 is 35.9. The molecule has 2 N–H and O–H groups in total. The molecule has 2 amide bonds. The summed E-state index contributed by atoms with van der Waals surface area (Å²) in [5.74, 6) is -3.41. The summed E-state index contributed by atoms with van der Waals surface area (Å²) in [4.78, 5) is 34.7. The average molecular weight is 378 g/mol. The normalized spacial score (nSPS) is 10.0. The molecule has 2 aromatic carbocycles. The number of hydrogen-bond acceptors (Lipinski definition) is 5. The van der Waals surface area contributed by atoms with Crippen molar-refractivity contribution in [1.29, 1.82) is 0 Å². The van der Waals surface area contributed by atoms with E-state index in [0.717, 1.165) is 12.1 Å². The van der Waals surface area contributed by atoms with Gasteiger partial charge in [-0.1, -0.05) is 18.2 Å². The molecule has 0 aliphatic rings. The maximum atomic E-state index is 13.0. The van der Waals surface area contributed by atoms with E-state index in [1.807, 2.05) is 0 Å². The first-order valence-electron chi connectivity index (χ1n) is 7.78. The van der Waals surface area contributed by atoms with Gasteiger partial charge in [0.25, 0.3) is 11.8 Å². The van der Waals surface area contributed by atoms with Crippen molar-refractivity contribution in [3.05, 3.63) is 60.2 Å². The lowest BCUT2D eigenvalue weighted by atomic mass is 10.3. The topological polar surface area (TPSA) is 93.7 Å². The van der Waals surface area contributed by atoms with Gasteiger partial charge in [0.15, 0.2) is 13.2 Å². The number of carbonyl (C=O) groups is 3.